The normalized spacial score (nSPS) is 11.0. The number of nitrogens with one attached hydrogen (secondary N) is 1. The van der Waals surface area contributed by atoms with Gasteiger partial charge in [-0.3, -0.25) is 9.78 Å². The number of rotatable bonds is 10. The first-order valence-electron chi connectivity index (χ1n) is 10.6. The van der Waals surface area contributed by atoms with E-state index in [4.69, 9.17) is 0 Å². The molecule has 0 fully saturated rings. The predicted molar refractivity (Wildman–Crippen MR) is 119 cm³/mol. The molecule has 1 amide bonds. The molecule has 4 nitrogen and oxygen atoms in total. The molecular weight excluding hydrogens is 360 g/mol. The maximum atomic E-state index is 12.6. The van der Waals surface area contributed by atoms with Gasteiger partial charge in [0, 0.05) is 24.7 Å². The van der Waals surface area contributed by atoms with E-state index in [0.717, 1.165) is 52.5 Å². The van der Waals surface area contributed by atoms with Gasteiger partial charge in [-0.1, -0.05) is 74.7 Å². The molecule has 29 heavy (non-hydrogen) atoms. The Morgan fingerprint density at radius 3 is 2.59 bits per heavy atom. The quantitative estimate of drug-likeness (QED) is 0.494. The fourth-order valence-corrected chi connectivity index (χ4v) is 3.74. The Morgan fingerprint density at radius 1 is 1.00 bits per heavy atom. The third-order valence-corrected chi connectivity index (χ3v) is 5.21. The van der Waals surface area contributed by atoms with Gasteiger partial charge in [-0.25, -0.2) is 0 Å². The van der Waals surface area contributed by atoms with Crippen LogP contribution in [0, 0.1) is 0 Å². The van der Waals surface area contributed by atoms with E-state index in [1.807, 2.05) is 36.5 Å². The van der Waals surface area contributed by atoms with Gasteiger partial charge in [0.1, 0.15) is 0 Å². The molecule has 0 unspecified atom stereocenters. The fourth-order valence-electron chi connectivity index (χ4n) is 3.74. The second kappa shape index (κ2) is 10.7. The largest absolute Gasteiger partial charge is 0.396 e. The molecule has 0 spiro atoms. The summed E-state index contributed by atoms with van der Waals surface area (Å²) in [6.07, 6.45) is 7.26. The van der Waals surface area contributed by atoms with Crippen molar-refractivity contribution in [3.8, 4) is 11.1 Å². The van der Waals surface area contributed by atoms with Crippen LogP contribution < -0.4 is 5.32 Å². The van der Waals surface area contributed by atoms with Crippen molar-refractivity contribution in [2.75, 3.05) is 13.2 Å². The van der Waals surface area contributed by atoms with Gasteiger partial charge in [0.15, 0.2) is 0 Å². The molecule has 0 aliphatic heterocycles. The van der Waals surface area contributed by atoms with E-state index in [-0.39, 0.29) is 12.5 Å². The zero-order chi connectivity index (χ0) is 20.5. The number of aromatic nitrogens is 1. The molecule has 3 rings (SSSR count). The highest BCUT2D eigenvalue weighted by Crippen LogP contribution is 2.32. The Morgan fingerprint density at radius 2 is 1.83 bits per heavy atom. The Kier molecular flexibility index (Phi) is 7.77. The monoisotopic (exact) mass is 390 g/mol. The summed E-state index contributed by atoms with van der Waals surface area (Å²) in [5.74, 6) is 0.0337. The summed E-state index contributed by atoms with van der Waals surface area (Å²) >= 11 is 0. The van der Waals surface area contributed by atoms with Gasteiger partial charge in [-0.2, -0.15) is 0 Å². The SMILES string of the molecule is CCCCCCNC(=O)Cc1cnc2c(CCO)cccc2c1-c1ccccc1. The number of pyridine rings is 1. The van der Waals surface area contributed by atoms with E-state index in [1.54, 1.807) is 0 Å². The van der Waals surface area contributed by atoms with Crippen LogP contribution in [0.3, 0.4) is 0 Å². The molecule has 0 bridgehead atoms. The average Bonchev–Trinajstić information content (AvgIpc) is 2.74. The number of aliphatic hydroxyl groups excluding tert-OH is 1. The number of aliphatic hydroxyl groups is 1. The lowest BCUT2D eigenvalue weighted by Crippen LogP contribution is -2.26. The summed E-state index contributed by atoms with van der Waals surface area (Å²) in [7, 11) is 0. The van der Waals surface area contributed by atoms with Gasteiger partial charge in [0.25, 0.3) is 0 Å². The molecule has 3 aromatic rings. The van der Waals surface area contributed by atoms with E-state index in [2.05, 4.69) is 35.4 Å². The number of carbonyl (C=O) groups is 1. The van der Waals surface area contributed by atoms with Crippen molar-refractivity contribution in [3.05, 3.63) is 65.9 Å². The van der Waals surface area contributed by atoms with Gasteiger partial charge in [-0.15, -0.1) is 0 Å². The number of carbonyl (C=O) groups excluding carboxylic acids is 1. The van der Waals surface area contributed by atoms with E-state index in [9.17, 15) is 9.90 Å². The number of nitrogens with zero attached hydrogens (tertiary/aromatic N) is 1. The molecule has 152 valence electrons. The summed E-state index contributed by atoms with van der Waals surface area (Å²) in [4.78, 5) is 17.2. The number of fused-ring (bicyclic) bond motifs is 1. The summed E-state index contributed by atoms with van der Waals surface area (Å²) in [5.41, 5.74) is 4.97. The Labute approximate surface area is 173 Å². The highest BCUT2D eigenvalue weighted by Gasteiger charge is 2.15. The number of benzene rings is 2. The van der Waals surface area contributed by atoms with Crippen molar-refractivity contribution in [1.82, 2.24) is 10.3 Å². The molecule has 0 atom stereocenters. The molecule has 0 aliphatic carbocycles. The number of unbranched alkanes of at least 4 members (excludes halogenated alkanes) is 3. The predicted octanol–water partition coefficient (Wildman–Crippen LogP) is 4.68. The standard InChI is InChI=1S/C25H30N2O2/c1-2-3-4-8-15-26-23(29)17-21-18-27-25-20(14-16-28)12-9-13-22(25)24(21)19-10-6-5-7-11-19/h5-7,9-13,18,28H,2-4,8,14-17H2,1H3,(H,26,29). The molecule has 0 radical (unpaired) electrons. The lowest BCUT2D eigenvalue weighted by atomic mass is 9.93. The van der Waals surface area contributed by atoms with Gasteiger partial charge in [0.05, 0.1) is 11.9 Å². The van der Waals surface area contributed by atoms with Crippen molar-refractivity contribution >= 4 is 16.8 Å². The third kappa shape index (κ3) is 5.42. The van der Waals surface area contributed by atoms with Crippen LogP contribution in [0.25, 0.3) is 22.0 Å². The third-order valence-electron chi connectivity index (χ3n) is 5.21. The van der Waals surface area contributed by atoms with Crippen molar-refractivity contribution in [1.29, 1.82) is 0 Å². The topological polar surface area (TPSA) is 62.2 Å². The number of hydrogen-bond donors (Lipinski definition) is 2. The molecule has 1 heterocycles. The summed E-state index contributed by atoms with van der Waals surface area (Å²) < 4.78 is 0. The summed E-state index contributed by atoms with van der Waals surface area (Å²) in [6, 6.07) is 16.2. The average molecular weight is 391 g/mol. The molecule has 1 aromatic heterocycles. The van der Waals surface area contributed by atoms with Gasteiger partial charge >= 0.3 is 0 Å². The van der Waals surface area contributed by atoms with E-state index in [0.29, 0.717) is 12.8 Å². The lowest BCUT2D eigenvalue weighted by molar-refractivity contribution is -0.120. The van der Waals surface area contributed by atoms with Crippen molar-refractivity contribution in [2.24, 2.45) is 0 Å². The Hall–Kier alpha value is -2.72. The van der Waals surface area contributed by atoms with Gasteiger partial charge < -0.3 is 10.4 Å². The van der Waals surface area contributed by atoms with Crippen LogP contribution in [0.15, 0.2) is 54.7 Å². The maximum Gasteiger partial charge on any atom is 0.224 e. The molecule has 0 saturated heterocycles. The molecule has 2 N–H and O–H groups in total. The molecule has 2 aromatic carbocycles. The lowest BCUT2D eigenvalue weighted by Gasteiger charge is -2.15. The van der Waals surface area contributed by atoms with Crippen LogP contribution in [0.4, 0.5) is 0 Å². The van der Waals surface area contributed by atoms with E-state index < -0.39 is 0 Å². The smallest absolute Gasteiger partial charge is 0.224 e. The van der Waals surface area contributed by atoms with Crippen molar-refractivity contribution in [2.45, 2.75) is 45.4 Å². The maximum absolute atomic E-state index is 12.6. The highest BCUT2D eigenvalue weighted by atomic mass is 16.3. The molecular formula is C25H30N2O2. The van der Waals surface area contributed by atoms with E-state index in [1.165, 1.54) is 12.8 Å². The number of para-hydroxylation sites is 1. The molecule has 0 aliphatic rings. The van der Waals surface area contributed by atoms with Crippen LogP contribution in [0.2, 0.25) is 0 Å². The second-order valence-corrected chi connectivity index (χ2v) is 7.40. The van der Waals surface area contributed by atoms with Crippen LogP contribution in [0.1, 0.15) is 43.7 Å². The molecule has 0 saturated carbocycles. The van der Waals surface area contributed by atoms with Crippen LogP contribution in [-0.2, 0) is 17.6 Å². The molecule has 4 heteroatoms. The summed E-state index contributed by atoms with van der Waals surface area (Å²) in [6.45, 7) is 2.99. The number of amides is 1. The van der Waals surface area contributed by atoms with Crippen LogP contribution in [-0.4, -0.2) is 29.1 Å². The summed E-state index contributed by atoms with van der Waals surface area (Å²) in [5, 5.41) is 13.5. The minimum Gasteiger partial charge on any atom is -0.396 e. The highest BCUT2D eigenvalue weighted by molar-refractivity contribution is 5.98. The zero-order valence-corrected chi connectivity index (χ0v) is 17.2. The van der Waals surface area contributed by atoms with Gasteiger partial charge in [-0.05, 0) is 35.1 Å². The van der Waals surface area contributed by atoms with Gasteiger partial charge in [0.2, 0.25) is 5.91 Å². The van der Waals surface area contributed by atoms with E-state index >= 15 is 0 Å². The minimum atomic E-state index is 0.0337. The van der Waals surface area contributed by atoms with Crippen LogP contribution >= 0.6 is 0 Å². The number of hydrogen-bond acceptors (Lipinski definition) is 3. The first-order chi connectivity index (χ1) is 14.2. The fraction of sp³-hybridized carbons (Fsp3) is 0.360. The Bertz CT molecular complexity index is 938. The first-order valence-corrected chi connectivity index (χ1v) is 10.6. The second-order valence-electron chi connectivity index (χ2n) is 7.40. The first kappa shape index (κ1) is 21.0. The van der Waals surface area contributed by atoms with Crippen LogP contribution in [0.5, 0.6) is 0 Å². The van der Waals surface area contributed by atoms with Crippen molar-refractivity contribution in [3.63, 3.8) is 0 Å². The van der Waals surface area contributed by atoms with Crippen molar-refractivity contribution < 1.29 is 9.90 Å². The minimum absolute atomic E-state index is 0.0337. The zero-order valence-electron chi connectivity index (χ0n) is 17.2. The Balaban J connectivity index is 1.91.